The van der Waals surface area contributed by atoms with Crippen molar-refractivity contribution in [3.05, 3.63) is 71.8 Å². The van der Waals surface area contributed by atoms with E-state index in [9.17, 15) is 9.90 Å². The highest BCUT2D eigenvalue weighted by atomic mass is 35.5. The van der Waals surface area contributed by atoms with Gasteiger partial charge in [0.25, 0.3) is 0 Å². The lowest BCUT2D eigenvalue weighted by Crippen LogP contribution is -2.47. The molecular formula is C25H29ClN2O4. The van der Waals surface area contributed by atoms with Crippen molar-refractivity contribution in [2.24, 2.45) is 0 Å². The number of morpholine rings is 1. The Hall–Kier alpha value is -2.80. The van der Waals surface area contributed by atoms with Gasteiger partial charge in [0, 0.05) is 25.7 Å². The third-order valence-electron chi connectivity index (χ3n) is 5.85. The Morgan fingerprint density at radius 3 is 2.78 bits per heavy atom. The molecule has 1 heterocycles. The molecule has 7 heteroatoms. The predicted octanol–water partition coefficient (Wildman–Crippen LogP) is 4.52. The number of anilines is 1. The lowest BCUT2D eigenvalue weighted by atomic mass is 9.99. The summed E-state index contributed by atoms with van der Waals surface area (Å²) in [5, 5.41) is 15.4. The van der Waals surface area contributed by atoms with E-state index in [1.807, 2.05) is 6.07 Å². The number of hydrogen-bond acceptors (Lipinski definition) is 5. The van der Waals surface area contributed by atoms with Gasteiger partial charge in [-0.05, 0) is 41.5 Å². The third kappa shape index (κ3) is 5.15. The van der Waals surface area contributed by atoms with Crippen molar-refractivity contribution in [2.75, 3.05) is 38.3 Å². The summed E-state index contributed by atoms with van der Waals surface area (Å²) in [4.78, 5) is 13.5. The van der Waals surface area contributed by atoms with Gasteiger partial charge >= 0.3 is 5.97 Å². The molecule has 1 aliphatic heterocycles. The normalized spacial score (nSPS) is 16.9. The minimum absolute atomic E-state index is 0. The van der Waals surface area contributed by atoms with Gasteiger partial charge in [-0.25, -0.2) is 4.79 Å². The lowest BCUT2D eigenvalue weighted by Gasteiger charge is -2.36. The van der Waals surface area contributed by atoms with E-state index >= 15 is 0 Å². The topological polar surface area (TPSA) is 71.0 Å². The van der Waals surface area contributed by atoms with E-state index in [1.54, 1.807) is 19.2 Å². The number of aromatic carboxylic acids is 1. The molecule has 0 aromatic heterocycles. The molecule has 6 nitrogen and oxygen atoms in total. The Morgan fingerprint density at radius 2 is 2.00 bits per heavy atom. The molecule has 170 valence electrons. The van der Waals surface area contributed by atoms with Crippen molar-refractivity contribution in [3.8, 4) is 5.75 Å². The maximum atomic E-state index is 11.3. The maximum Gasteiger partial charge on any atom is 0.335 e. The first-order chi connectivity index (χ1) is 15.1. The summed E-state index contributed by atoms with van der Waals surface area (Å²) < 4.78 is 11.5. The van der Waals surface area contributed by atoms with E-state index in [0.29, 0.717) is 18.9 Å². The zero-order valence-corrected chi connectivity index (χ0v) is 19.1. The van der Waals surface area contributed by atoms with Crippen molar-refractivity contribution in [3.63, 3.8) is 0 Å². The fourth-order valence-corrected chi connectivity index (χ4v) is 4.18. The Bertz CT molecular complexity index is 1070. The highest BCUT2D eigenvalue weighted by molar-refractivity contribution is 5.89. The number of carboxylic acids is 1. The second-order valence-corrected chi connectivity index (χ2v) is 7.83. The van der Waals surface area contributed by atoms with Crippen LogP contribution in [0.15, 0.2) is 60.7 Å². The van der Waals surface area contributed by atoms with Crippen molar-refractivity contribution in [2.45, 2.75) is 19.1 Å². The minimum Gasteiger partial charge on any atom is -0.495 e. The van der Waals surface area contributed by atoms with Gasteiger partial charge in [-0.3, -0.25) is 0 Å². The van der Waals surface area contributed by atoms with Crippen LogP contribution < -0.4 is 15.0 Å². The number of benzene rings is 3. The average Bonchev–Trinajstić information content (AvgIpc) is 2.81. The molecule has 1 aliphatic rings. The van der Waals surface area contributed by atoms with Crippen molar-refractivity contribution in [1.82, 2.24) is 5.32 Å². The van der Waals surface area contributed by atoms with Gasteiger partial charge in [-0.2, -0.15) is 0 Å². The van der Waals surface area contributed by atoms with E-state index < -0.39 is 5.97 Å². The molecule has 3 aromatic carbocycles. The highest BCUT2D eigenvalue weighted by Gasteiger charge is 2.24. The minimum atomic E-state index is -0.962. The number of fused-ring (bicyclic) bond motifs is 1. The number of methoxy groups -OCH3 is 1. The molecule has 2 N–H and O–H groups in total. The van der Waals surface area contributed by atoms with Gasteiger partial charge in [0.15, 0.2) is 0 Å². The second-order valence-electron chi connectivity index (χ2n) is 7.83. The number of carbonyl (C=O) groups is 1. The molecule has 4 rings (SSSR count). The first kappa shape index (κ1) is 23.9. The van der Waals surface area contributed by atoms with E-state index in [-0.39, 0.29) is 30.1 Å². The molecule has 0 saturated carbocycles. The summed E-state index contributed by atoms with van der Waals surface area (Å²) in [6.45, 7) is 4.95. The number of rotatable bonds is 7. The highest BCUT2D eigenvalue weighted by Crippen LogP contribution is 2.31. The fraction of sp³-hybridized carbons (Fsp3) is 0.320. The molecule has 0 amide bonds. The first-order valence-electron chi connectivity index (χ1n) is 10.6. The number of hydrogen-bond donors (Lipinski definition) is 2. The molecule has 3 aromatic rings. The fourth-order valence-electron chi connectivity index (χ4n) is 4.18. The van der Waals surface area contributed by atoms with Crippen LogP contribution in [0, 0.1) is 0 Å². The van der Waals surface area contributed by atoms with Gasteiger partial charge in [-0.15, -0.1) is 12.4 Å². The van der Waals surface area contributed by atoms with Crippen LogP contribution in [0.2, 0.25) is 0 Å². The largest absolute Gasteiger partial charge is 0.495 e. The molecule has 0 bridgehead atoms. The van der Waals surface area contributed by atoms with Gasteiger partial charge in [-0.1, -0.05) is 42.5 Å². The Labute approximate surface area is 194 Å². The van der Waals surface area contributed by atoms with Crippen LogP contribution in [-0.2, 0) is 4.74 Å². The van der Waals surface area contributed by atoms with Gasteiger partial charge < -0.3 is 24.8 Å². The van der Waals surface area contributed by atoms with Crippen LogP contribution in [0.4, 0.5) is 5.69 Å². The molecule has 0 radical (unpaired) electrons. The molecule has 1 fully saturated rings. The third-order valence-corrected chi connectivity index (χ3v) is 5.85. The van der Waals surface area contributed by atoms with Crippen molar-refractivity contribution >= 4 is 34.8 Å². The number of ether oxygens (including phenoxy) is 2. The summed E-state index contributed by atoms with van der Waals surface area (Å²) in [5.74, 6) is -0.394. The maximum absolute atomic E-state index is 11.3. The monoisotopic (exact) mass is 456 g/mol. The number of nitrogens with zero attached hydrogens (tertiary/aromatic N) is 1. The standard InChI is InChI=1S/C25H28N2O4.ClH/c1-17(21-9-5-7-18-6-3-4-8-22(18)21)26-15-20-16-27(12-13-31-20)23-11-10-19(25(28)29)14-24(23)30-2;/h3-11,14,17,20,26H,12-13,15-16H2,1-2H3,(H,28,29);1H/t17-,20?;/m1./s1. The molecular weight excluding hydrogens is 428 g/mol. The van der Waals surface area contributed by atoms with E-state index in [4.69, 9.17) is 9.47 Å². The summed E-state index contributed by atoms with van der Waals surface area (Å²) in [7, 11) is 1.57. The molecule has 1 saturated heterocycles. The second kappa shape index (κ2) is 10.7. The zero-order valence-electron chi connectivity index (χ0n) is 18.3. The van der Waals surface area contributed by atoms with Crippen LogP contribution in [0.3, 0.4) is 0 Å². The number of nitrogens with one attached hydrogen (secondary N) is 1. The summed E-state index contributed by atoms with van der Waals surface area (Å²) in [6, 6.07) is 20.0. The quantitative estimate of drug-likeness (QED) is 0.544. The SMILES string of the molecule is COc1cc(C(=O)O)ccc1N1CCOC(CN[C@H](C)c2cccc3ccccc23)C1.Cl. The van der Waals surface area contributed by atoms with E-state index in [2.05, 4.69) is 59.6 Å². The van der Waals surface area contributed by atoms with Crippen LogP contribution >= 0.6 is 12.4 Å². The van der Waals surface area contributed by atoms with Crippen LogP contribution in [0.1, 0.15) is 28.9 Å². The smallest absolute Gasteiger partial charge is 0.335 e. The van der Waals surface area contributed by atoms with Gasteiger partial charge in [0.2, 0.25) is 0 Å². The predicted molar refractivity (Wildman–Crippen MR) is 130 cm³/mol. The lowest BCUT2D eigenvalue weighted by molar-refractivity contribution is 0.0393. The first-order valence-corrected chi connectivity index (χ1v) is 10.6. The molecule has 0 aliphatic carbocycles. The molecule has 32 heavy (non-hydrogen) atoms. The summed E-state index contributed by atoms with van der Waals surface area (Å²) in [5.41, 5.74) is 2.38. The molecule has 2 atom stereocenters. The summed E-state index contributed by atoms with van der Waals surface area (Å²) >= 11 is 0. The van der Waals surface area contributed by atoms with E-state index in [1.165, 1.54) is 16.3 Å². The van der Waals surface area contributed by atoms with Gasteiger partial charge in [0.05, 0.1) is 31.1 Å². The van der Waals surface area contributed by atoms with Crippen molar-refractivity contribution < 1.29 is 19.4 Å². The number of halogens is 1. The summed E-state index contributed by atoms with van der Waals surface area (Å²) in [6.07, 6.45) is 0.0232. The zero-order chi connectivity index (χ0) is 21.8. The molecule has 1 unspecified atom stereocenters. The number of carboxylic acid groups (broad SMARTS) is 1. The Balaban J connectivity index is 0.00000289. The molecule has 0 spiro atoms. The Morgan fingerprint density at radius 1 is 1.22 bits per heavy atom. The van der Waals surface area contributed by atoms with Crippen LogP contribution in [-0.4, -0.2) is 50.5 Å². The Kier molecular flexibility index (Phi) is 7.96. The van der Waals surface area contributed by atoms with Crippen LogP contribution in [0.25, 0.3) is 10.8 Å². The average molecular weight is 457 g/mol. The van der Waals surface area contributed by atoms with Crippen LogP contribution in [0.5, 0.6) is 5.75 Å². The van der Waals surface area contributed by atoms with Gasteiger partial charge in [0.1, 0.15) is 5.75 Å². The van der Waals surface area contributed by atoms with Crippen molar-refractivity contribution in [1.29, 1.82) is 0 Å². The van der Waals surface area contributed by atoms with E-state index in [0.717, 1.165) is 18.8 Å².